The number of aromatic nitrogens is 5. The summed E-state index contributed by atoms with van der Waals surface area (Å²) in [6, 6.07) is 2.80. The van der Waals surface area contributed by atoms with Crippen molar-refractivity contribution in [3.05, 3.63) is 30.2 Å². The number of ether oxygens (including phenoxy) is 1. The lowest BCUT2D eigenvalue weighted by molar-refractivity contribution is -0.143. The Morgan fingerprint density at radius 1 is 1.15 bits per heavy atom. The molecule has 1 spiro atoms. The van der Waals surface area contributed by atoms with E-state index in [0.29, 0.717) is 41.7 Å². The Balaban J connectivity index is 1.30. The summed E-state index contributed by atoms with van der Waals surface area (Å²) in [6.45, 7) is 1.98. The first-order valence-corrected chi connectivity index (χ1v) is 14.4. The number of rotatable bonds is 5. The lowest BCUT2D eigenvalue weighted by Gasteiger charge is -2.43. The topological polar surface area (TPSA) is 118 Å². The zero-order valence-electron chi connectivity index (χ0n) is 21.7. The van der Waals surface area contributed by atoms with Gasteiger partial charge in [-0.3, -0.25) is 4.98 Å². The van der Waals surface area contributed by atoms with Crippen LogP contribution in [0.15, 0.2) is 34.4 Å². The molecule has 40 heavy (non-hydrogen) atoms. The quantitative estimate of drug-likeness (QED) is 0.405. The molecule has 214 valence electrons. The van der Waals surface area contributed by atoms with Crippen molar-refractivity contribution in [2.24, 2.45) is 5.41 Å². The Morgan fingerprint density at radius 3 is 2.70 bits per heavy atom. The molecule has 0 bridgehead atoms. The van der Waals surface area contributed by atoms with Gasteiger partial charge >= 0.3 is 12.3 Å². The normalized spacial score (nSPS) is 23.1. The zero-order chi connectivity index (χ0) is 27.9. The molecule has 0 aromatic carbocycles. The highest BCUT2D eigenvalue weighted by Crippen LogP contribution is 2.47. The molecular formula is C26H30F3N7O3S. The molecule has 3 aliphatic rings. The van der Waals surface area contributed by atoms with E-state index in [-0.39, 0.29) is 22.6 Å². The summed E-state index contributed by atoms with van der Waals surface area (Å²) in [7, 11) is 0. The molecule has 1 aliphatic carbocycles. The lowest BCUT2D eigenvalue weighted by atomic mass is 9.74. The summed E-state index contributed by atoms with van der Waals surface area (Å²) in [4.78, 5) is 26.5. The first-order valence-electron chi connectivity index (χ1n) is 13.5. The van der Waals surface area contributed by atoms with Gasteiger partial charge in [-0.05, 0) is 62.5 Å². The number of nitrogens with one attached hydrogen (secondary N) is 1. The van der Waals surface area contributed by atoms with Crippen molar-refractivity contribution < 1.29 is 27.8 Å². The Morgan fingerprint density at radius 2 is 1.98 bits per heavy atom. The van der Waals surface area contributed by atoms with Gasteiger partial charge in [-0.2, -0.15) is 18.3 Å². The fraction of sp³-hybridized carbons (Fsp3) is 0.577. The van der Waals surface area contributed by atoms with Crippen molar-refractivity contribution in [2.45, 2.75) is 79.7 Å². The van der Waals surface area contributed by atoms with Gasteiger partial charge in [0.1, 0.15) is 11.3 Å². The summed E-state index contributed by atoms with van der Waals surface area (Å²) < 4.78 is 48.5. The largest absolute Gasteiger partial charge is 0.465 e. The van der Waals surface area contributed by atoms with Gasteiger partial charge in [0.15, 0.2) is 22.6 Å². The third-order valence-electron chi connectivity index (χ3n) is 8.32. The predicted octanol–water partition coefficient (Wildman–Crippen LogP) is 5.50. The summed E-state index contributed by atoms with van der Waals surface area (Å²) in [6.07, 6.45) is 3.95. The number of carboxylic acid groups (broad SMARTS) is 1. The third kappa shape index (κ3) is 5.18. The van der Waals surface area contributed by atoms with Crippen LogP contribution < -0.4 is 10.2 Å². The minimum atomic E-state index is -4.60. The lowest BCUT2D eigenvalue weighted by Crippen LogP contribution is -2.50. The number of amides is 1. The van der Waals surface area contributed by atoms with Crippen molar-refractivity contribution >= 4 is 34.8 Å². The van der Waals surface area contributed by atoms with Crippen LogP contribution in [0.1, 0.15) is 63.3 Å². The van der Waals surface area contributed by atoms with Crippen LogP contribution in [-0.2, 0) is 10.9 Å². The van der Waals surface area contributed by atoms with E-state index in [4.69, 9.17) is 9.72 Å². The average Bonchev–Trinajstić information content (AvgIpc) is 3.49. The second-order valence-corrected chi connectivity index (χ2v) is 11.7. The highest BCUT2D eigenvalue weighted by Gasteiger charge is 2.45. The van der Waals surface area contributed by atoms with E-state index in [1.165, 1.54) is 12.1 Å². The Hall–Kier alpha value is -3.13. The number of piperidine rings is 1. The van der Waals surface area contributed by atoms with Crippen LogP contribution in [0.2, 0.25) is 0 Å². The Bertz CT molecular complexity index is 1390. The Labute approximate surface area is 232 Å². The van der Waals surface area contributed by atoms with Crippen molar-refractivity contribution in [2.75, 3.05) is 24.6 Å². The SMILES string of the molecule is O=C(O)NC1CCCC12CCN(c1cnc3c(Sc4cccnc4C(F)(F)F)nn(C4CCCCO4)c3n1)CC2. The molecule has 3 fully saturated rings. The zero-order valence-corrected chi connectivity index (χ0v) is 22.5. The maximum absolute atomic E-state index is 13.6. The first kappa shape index (κ1) is 27.1. The summed E-state index contributed by atoms with van der Waals surface area (Å²) in [5.41, 5.74) is -0.134. The fourth-order valence-electron chi connectivity index (χ4n) is 6.29. The molecule has 0 radical (unpaired) electrons. The smallest absolute Gasteiger partial charge is 0.434 e. The van der Waals surface area contributed by atoms with E-state index < -0.39 is 18.0 Å². The van der Waals surface area contributed by atoms with E-state index in [9.17, 15) is 23.1 Å². The van der Waals surface area contributed by atoms with Gasteiger partial charge in [-0.1, -0.05) is 18.2 Å². The number of hydrogen-bond acceptors (Lipinski definition) is 8. The van der Waals surface area contributed by atoms with Gasteiger partial charge in [0, 0.05) is 36.8 Å². The van der Waals surface area contributed by atoms with Crippen LogP contribution in [-0.4, -0.2) is 61.7 Å². The molecule has 2 unspecified atom stereocenters. The molecule has 1 saturated carbocycles. The molecule has 2 aliphatic heterocycles. The molecule has 5 heterocycles. The second-order valence-electron chi connectivity index (χ2n) is 10.7. The van der Waals surface area contributed by atoms with Crippen LogP contribution in [0.5, 0.6) is 0 Å². The van der Waals surface area contributed by atoms with Crippen molar-refractivity contribution in [1.29, 1.82) is 0 Å². The first-order chi connectivity index (χ1) is 19.2. The molecule has 10 nitrogen and oxygen atoms in total. The maximum atomic E-state index is 13.6. The van der Waals surface area contributed by atoms with E-state index in [1.54, 1.807) is 10.9 Å². The Kier molecular flexibility index (Phi) is 7.23. The molecule has 6 rings (SSSR count). The van der Waals surface area contributed by atoms with Crippen molar-refractivity contribution in [1.82, 2.24) is 30.0 Å². The molecule has 2 N–H and O–H groups in total. The second kappa shape index (κ2) is 10.7. The molecule has 3 aromatic heterocycles. The highest BCUT2D eigenvalue weighted by molar-refractivity contribution is 7.99. The van der Waals surface area contributed by atoms with Crippen LogP contribution in [0, 0.1) is 5.41 Å². The van der Waals surface area contributed by atoms with Crippen molar-refractivity contribution in [3.8, 4) is 0 Å². The average molecular weight is 578 g/mol. The maximum Gasteiger partial charge on any atom is 0.434 e. The minimum absolute atomic E-state index is 0.0424. The van der Waals surface area contributed by atoms with E-state index in [2.05, 4.69) is 25.3 Å². The number of carbonyl (C=O) groups is 1. The summed E-state index contributed by atoms with van der Waals surface area (Å²) in [5, 5.41) is 17.0. The minimum Gasteiger partial charge on any atom is -0.465 e. The van der Waals surface area contributed by atoms with Crippen LogP contribution in [0.3, 0.4) is 0 Å². The summed E-state index contributed by atoms with van der Waals surface area (Å²) in [5.74, 6) is 0.661. The third-order valence-corrected chi connectivity index (χ3v) is 9.34. The number of anilines is 1. The number of pyridine rings is 1. The number of fused-ring (bicyclic) bond motifs is 1. The number of halogens is 3. The van der Waals surface area contributed by atoms with Crippen LogP contribution >= 0.6 is 11.8 Å². The molecule has 14 heteroatoms. The van der Waals surface area contributed by atoms with Gasteiger partial charge < -0.3 is 20.1 Å². The van der Waals surface area contributed by atoms with Gasteiger partial charge in [0.25, 0.3) is 0 Å². The molecular weight excluding hydrogens is 547 g/mol. The van der Waals surface area contributed by atoms with E-state index >= 15 is 0 Å². The molecule has 1 amide bonds. The molecule has 2 atom stereocenters. The standard InChI is InChI=1S/C26H30F3N7O3S/c27-26(28,29)21-16(5-4-11-30-21)40-23-20-22(36(34-23)19-7-1-2-14-39-19)33-18(15-31-20)35-12-9-25(10-13-35)8-3-6-17(25)32-24(37)38/h4-5,11,15,17,19,32H,1-3,6-10,12-14H2,(H,37,38). The number of alkyl halides is 3. The highest BCUT2D eigenvalue weighted by atomic mass is 32.2. The molecule has 2 saturated heterocycles. The van der Waals surface area contributed by atoms with Gasteiger partial charge in [-0.25, -0.2) is 19.4 Å². The fourth-order valence-corrected chi connectivity index (χ4v) is 7.28. The van der Waals surface area contributed by atoms with Crippen molar-refractivity contribution in [3.63, 3.8) is 0 Å². The van der Waals surface area contributed by atoms with E-state index in [1.807, 2.05) is 0 Å². The summed E-state index contributed by atoms with van der Waals surface area (Å²) >= 11 is 0.874. The van der Waals surface area contributed by atoms with Crippen LogP contribution in [0.25, 0.3) is 11.2 Å². The van der Waals surface area contributed by atoms with Gasteiger partial charge in [0.2, 0.25) is 0 Å². The monoisotopic (exact) mass is 577 g/mol. The van der Waals surface area contributed by atoms with Crippen LogP contribution in [0.4, 0.5) is 23.8 Å². The molecule has 3 aromatic rings. The van der Waals surface area contributed by atoms with Gasteiger partial charge in [0.05, 0.1) is 6.20 Å². The van der Waals surface area contributed by atoms with Gasteiger partial charge in [-0.15, -0.1) is 0 Å². The predicted molar refractivity (Wildman–Crippen MR) is 140 cm³/mol. The number of nitrogens with zero attached hydrogens (tertiary/aromatic N) is 6. The van der Waals surface area contributed by atoms with E-state index in [0.717, 1.165) is 69.3 Å². The number of hydrogen-bond donors (Lipinski definition) is 2.